The van der Waals surface area contributed by atoms with E-state index in [1.54, 1.807) is 12.1 Å². The summed E-state index contributed by atoms with van der Waals surface area (Å²) in [5, 5.41) is 3.99. The Balaban J connectivity index is 1.71. The molecule has 0 radical (unpaired) electrons. The molecule has 0 saturated heterocycles. The lowest BCUT2D eigenvalue weighted by Crippen LogP contribution is -2.25. The van der Waals surface area contributed by atoms with Crippen molar-refractivity contribution in [2.45, 2.75) is 27.2 Å². The summed E-state index contributed by atoms with van der Waals surface area (Å²) >= 11 is 0. The lowest BCUT2D eigenvalue weighted by atomic mass is 10.1. The van der Waals surface area contributed by atoms with Gasteiger partial charge in [0.2, 0.25) is 5.75 Å². The van der Waals surface area contributed by atoms with E-state index in [0.717, 1.165) is 16.7 Å². The summed E-state index contributed by atoms with van der Waals surface area (Å²) in [6, 6.07) is 13.2. The van der Waals surface area contributed by atoms with E-state index in [1.165, 1.54) is 0 Å². The highest BCUT2D eigenvalue weighted by Crippen LogP contribution is 2.39. The molecule has 29 heavy (non-hydrogen) atoms. The van der Waals surface area contributed by atoms with Crippen LogP contribution >= 0.6 is 0 Å². The van der Waals surface area contributed by atoms with Crippen molar-refractivity contribution >= 4 is 16.9 Å². The number of para-hydroxylation sites is 1. The Hall–Kier alpha value is -3.15. The second kappa shape index (κ2) is 9.87. The van der Waals surface area contributed by atoms with Crippen molar-refractivity contribution in [1.29, 1.82) is 0 Å². The minimum atomic E-state index is -0.203. The third kappa shape index (κ3) is 5.02. The second-order valence-corrected chi connectivity index (χ2v) is 6.36. The van der Waals surface area contributed by atoms with Crippen LogP contribution in [0.2, 0.25) is 0 Å². The van der Waals surface area contributed by atoms with Crippen molar-refractivity contribution in [2.75, 3.05) is 26.4 Å². The van der Waals surface area contributed by atoms with Crippen LogP contribution in [0.1, 0.15) is 36.9 Å². The molecule has 1 N–H and O–H groups in total. The number of furan rings is 1. The molecule has 0 saturated carbocycles. The van der Waals surface area contributed by atoms with E-state index in [1.807, 2.05) is 51.1 Å². The number of fused-ring (bicyclic) bond motifs is 1. The van der Waals surface area contributed by atoms with E-state index >= 15 is 0 Å². The molecular weight excluding hydrogens is 370 g/mol. The van der Waals surface area contributed by atoms with Crippen molar-refractivity contribution in [3.63, 3.8) is 0 Å². The van der Waals surface area contributed by atoms with Gasteiger partial charge in [0.1, 0.15) is 11.3 Å². The van der Waals surface area contributed by atoms with Gasteiger partial charge in [-0.25, -0.2) is 0 Å². The fourth-order valence-corrected chi connectivity index (χ4v) is 3.08. The van der Waals surface area contributed by atoms with Crippen LogP contribution in [0.5, 0.6) is 17.2 Å². The molecule has 6 heteroatoms. The first-order valence-corrected chi connectivity index (χ1v) is 9.98. The smallest absolute Gasteiger partial charge is 0.251 e. The third-order valence-electron chi connectivity index (χ3n) is 4.30. The van der Waals surface area contributed by atoms with Crippen molar-refractivity contribution in [2.24, 2.45) is 0 Å². The number of ether oxygens (including phenoxy) is 3. The predicted octanol–water partition coefficient (Wildman–Crippen LogP) is 4.60. The fourth-order valence-electron chi connectivity index (χ4n) is 3.08. The molecule has 0 spiro atoms. The van der Waals surface area contributed by atoms with Crippen LogP contribution < -0.4 is 19.5 Å². The molecule has 6 nitrogen and oxygen atoms in total. The summed E-state index contributed by atoms with van der Waals surface area (Å²) in [6.45, 7) is 7.52. The molecule has 0 unspecified atom stereocenters. The Kier molecular flexibility index (Phi) is 7.00. The highest BCUT2D eigenvalue weighted by Gasteiger charge is 2.18. The largest absolute Gasteiger partial charge is 0.490 e. The molecule has 3 aromatic rings. The topological polar surface area (TPSA) is 69.9 Å². The zero-order chi connectivity index (χ0) is 20.6. The van der Waals surface area contributed by atoms with Crippen molar-refractivity contribution < 1.29 is 23.4 Å². The number of hydrogen-bond acceptors (Lipinski definition) is 5. The number of rotatable bonds is 10. The first kappa shape index (κ1) is 20.6. The summed E-state index contributed by atoms with van der Waals surface area (Å²) < 4.78 is 22.8. The maximum atomic E-state index is 12.7. The molecule has 2 aromatic carbocycles. The molecular formula is C23H27NO5. The minimum absolute atomic E-state index is 0.203. The molecule has 154 valence electrons. The zero-order valence-corrected chi connectivity index (χ0v) is 17.1. The number of hydrogen-bond donors (Lipinski definition) is 1. The fraction of sp³-hybridized carbons (Fsp3) is 0.348. The lowest BCUT2D eigenvalue weighted by molar-refractivity contribution is 0.0952. The van der Waals surface area contributed by atoms with Crippen molar-refractivity contribution in [3.05, 3.63) is 53.8 Å². The monoisotopic (exact) mass is 397 g/mol. The summed E-state index contributed by atoms with van der Waals surface area (Å²) in [6.07, 6.45) is 0.605. The first-order chi connectivity index (χ1) is 14.2. The van der Waals surface area contributed by atoms with Crippen LogP contribution in [-0.2, 0) is 6.42 Å². The molecule has 1 heterocycles. The van der Waals surface area contributed by atoms with Crippen LogP contribution in [0.25, 0.3) is 11.0 Å². The molecule has 0 aliphatic heterocycles. The number of carbonyl (C=O) groups excluding carboxylic acids is 1. The Morgan fingerprint density at radius 2 is 1.59 bits per heavy atom. The molecule has 0 atom stereocenters. The Morgan fingerprint density at radius 3 is 2.21 bits per heavy atom. The quantitative estimate of drug-likeness (QED) is 0.541. The summed E-state index contributed by atoms with van der Waals surface area (Å²) in [4.78, 5) is 12.7. The Bertz CT molecular complexity index is 903. The molecule has 1 aromatic heterocycles. The van der Waals surface area contributed by atoms with Gasteiger partial charge in [-0.3, -0.25) is 4.79 Å². The highest BCUT2D eigenvalue weighted by atomic mass is 16.5. The van der Waals surface area contributed by atoms with E-state index in [4.69, 9.17) is 18.6 Å². The predicted molar refractivity (Wildman–Crippen MR) is 112 cm³/mol. The summed E-state index contributed by atoms with van der Waals surface area (Å²) in [5.41, 5.74) is 1.31. The van der Waals surface area contributed by atoms with Gasteiger partial charge in [-0.05, 0) is 45.0 Å². The van der Waals surface area contributed by atoms with Gasteiger partial charge in [-0.2, -0.15) is 0 Å². The maximum Gasteiger partial charge on any atom is 0.251 e. The molecule has 0 fully saturated rings. The van der Waals surface area contributed by atoms with Gasteiger partial charge in [-0.15, -0.1) is 0 Å². The van der Waals surface area contributed by atoms with Crippen LogP contribution in [0, 0.1) is 0 Å². The summed E-state index contributed by atoms with van der Waals surface area (Å²) in [5.74, 6) is 2.16. The van der Waals surface area contributed by atoms with Crippen LogP contribution in [0.4, 0.5) is 0 Å². The SMILES string of the molecule is CCOc1cc(C(=O)NCCc2cc3ccccc3o2)cc(OCC)c1OCC. The van der Waals surface area contributed by atoms with E-state index in [9.17, 15) is 4.79 Å². The van der Waals surface area contributed by atoms with Crippen LogP contribution in [0.15, 0.2) is 46.9 Å². The second-order valence-electron chi connectivity index (χ2n) is 6.36. The summed E-state index contributed by atoms with van der Waals surface area (Å²) in [7, 11) is 0. The van der Waals surface area contributed by atoms with Crippen molar-refractivity contribution in [1.82, 2.24) is 5.32 Å². The van der Waals surface area contributed by atoms with E-state index in [2.05, 4.69) is 5.32 Å². The van der Waals surface area contributed by atoms with E-state index in [-0.39, 0.29) is 5.91 Å². The number of nitrogens with one attached hydrogen (secondary N) is 1. The standard InChI is InChI=1S/C23H27NO5/c1-4-26-20-14-17(15-21(27-5-2)22(20)28-6-3)23(25)24-12-11-18-13-16-9-7-8-10-19(16)29-18/h7-10,13-15H,4-6,11-12H2,1-3H3,(H,24,25). The third-order valence-corrected chi connectivity index (χ3v) is 4.30. The molecule has 3 rings (SSSR count). The molecule has 0 bridgehead atoms. The van der Waals surface area contributed by atoms with Crippen LogP contribution in [0.3, 0.4) is 0 Å². The van der Waals surface area contributed by atoms with E-state index < -0.39 is 0 Å². The first-order valence-electron chi connectivity index (χ1n) is 9.98. The maximum absolute atomic E-state index is 12.7. The van der Waals surface area contributed by atoms with E-state index in [0.29, 0.717) is 55.6 Å². The van der Waals surface area contributed by atoms with Gasteiger partial charge >= 0.3 is 0 Å². The Labute approximate surface area is 170 Å². The lowest BCUT2D eigenvalue weighted by Gasteiger charge is -2.17. The average molecular weight is 397 g/mol. The average Bonchev–Trinajstić information content (AvgIpc) is 3.13. The van der Waals surface area contributed by atoms with Crippen molar-refractivity contribution in [3.8, 4) is 17.2 Å². The van der Waals surface area contributed by atoms with Gasteiger partial charge < -0.3 is 23.9 Å². The zero-order valence-electron chi connectivity index (χ0n) is 17.1. The number of amides is 1. The van der Waals surface area contributed by atoms with Gasteiger partial charge in [0.25, 0.3) is 5.91 Å². The van der Waals surface area contributed by atoms with Gasteiger partial charge in [0.15, 0.2) is 11.5 Å². The number of carbonyl (C=O) groups is 1. The van der Waals surface area contributed by atoms with Gasteiger partial charge in [0, 0.05) is 23.9 Å². The molecule has 0 aliphatic carbocycles. The molecule has 1 amide bonds. The van der Waals surface area contributed by atoms with Crippen LogP contribution in [-0.4, -0.2) is 32.3 Å². The van der Waals surface area contributed by atoms with Gasteiger partial charge in [-0.1, -0.05) is 18.2 Å². The highest BCUT2D eigenvalue weighted by molar-refractivity contribution is 5.95. The minimum Gasteiger partial charge on any atom is -0.490 e. The molecule has 0 aliphatic rings. The number of benzene rings is 2. The normalized spacial score (nSPS) is 10.7. The van der Waals surface area contributed by atoms with Gasteiger partial charge in [0.05, 0.1) is 19.8 Å². The Morgan fingerprint density at radius 1 is 0.931 bits per heavy atom.